The number of methoxy groups -OCH3 is 1. The van der Waals surface area contributed by atoms with Crippen LogP contribution in [0.5, 0.6) is 5.75 Å². The van der Waals surface area contributed by atoms with Crippen LogP contribution in [-0.4, -0.2) is 18.1 Å². The number of nitrogens with one attached hydrogen (secondary N) is 1. The normalized spacial score (nSPS) is 13.7. The molecule has 0 aliphatic rings. The fourth-order valence-corrected chi connectivity index (χ4v) is 2.40. The third kappa shape index (κ3) is 4.87. The SMILES string of the molecule is COc1ccc(CCC(C)N[C@H](C)c2ccccn2)cc1. The summed E-state index contributed by atoms with van der Waals surface area (Å²) in [6.45, 7) is 4.38. The van der Waals surface area contributed by atoms with Crippen molar-refractivity contribution in [1.82, 2.24) is 10.3 Å². The van der Waals surface area contributed by atoms with Gasteiger partial charge in [-0.25, -0.2) is 0 Å². The third-order valence-corrected chi connectivity index (χ3v) is 3.69. The maximum absolute atomic E-state index is 5.18. The van der Waals surface area contributed by atoms with Gasteiger partial charge < -0.3 is 10.1 Å². The molecule has 0 fully saturated rings. The molecule has 1 aromatic heterocycles. The summed E-state index contributed by atoms with van der Waals surface area (Å²) < 4.78 is 5.18. The van der Waals surface area contributed by atoms with Gasteiger partial charge in [-0.15, -0.1) is 0 Å². The Kier molecular flexibility index (Phi) is 5.76. The lowest BCUT2D eigenvalue weighted by atomic mass is 10.0. The van der Waals surface area contributed by atoms with Gasteiger partial charge in [-0.2, -0.15) is 0 Å². The van der Waals surface area contributed by atoms with Crippen molar-refractivity contribution in [3.8, 4) is 5.75 Å². The Morgan fingerprint density at radius 1 is 1.10 bits per heavy atom. The van der Waals surface area contributed by atoms with Crippen molar-refractivity contribution in [3.63, 3.8) is 0 Å². The second-order valence-corrected chi connectivity index (χ2v) is 5.43. The zero-order valence-electron chi connectivity index (χ0n) is 13.0. The first-order valence-electron chi connectivity index (χ1n) is 7.49. The van der Waals surface area contributed by atoms with Crippen LogP contribution >= 0.6 is 0 Å². The topological polar surface area (TPSA) is 34.1 Å². The highest BCUT2D eigenvalue weighted by atomic mass is 16.5. The molecule has 0 bridgehead atoms. The number of ether oxygens (including phenoxy) is 1. The molecule has 112 valence electrons. The van der Waals surface area contributed by atoms with Gasteiger partial charge in [0.1, 0.15) is 5.75 Å². The largest absolute Gasteiger partial charge is 0.497 e. The van der Waals surface area contributed by atoms with E-state index >= 15 is 0 Å². The summed E-state index contributed by atoms with van der Waals surface area (Å²) in [6.07, 6.45) is 4.01. The second kappa shape index (κ2) is 7.79. The molecule has 0 spiro atoms. The molecule has 21 heavy (non-hydrogen) atoms. The van der Waals surface area contributed by atoms with Crippen LogP contribution < -0.4 is 10.1 Å². The molecule has 2 atom stereocenters. The fraction of sp³-hybridized carbons (Fsp3) is 0.389. The first kappa shape index (κ1) is 15.5. The van der Waals surface area contributed by atoms with Crippen LogP contribution in [0.25, 0.3) is 0 Å². The molecule has 2 rings (SSSR count). The zero-order chi connectivity index (χ0) is 15.1. The summed E-state index contributed by atoms with van der Waals surface area (Å²) in [5.41, 5.74) is 2.43. The summed E-state index contributed by atoms with van der Waals surface area (Å²) in [4.78, 5) is 4.39. The summed E-state index contributed by atoms with van der Waals surface area (Å²) in [5.74, 6) is 0.911. The van der Waals surface area contributed by atoms with Gasteiger partial charge in [0.15, 0.2) is 0 Å². The molecule has 0 saturated carbocycles. The van der Waals surface area contributed by atoms with Gasteiger partial charge in [-0.1, -0.05) is 18.2 Å². The van der Waals surface area contributed by atoms with Crippen LogP contribution in [0.2, 0.25) is 0 Å². The monoisotopic (exact) mass is 284 g/mol. The molecule has 1 heterocycles. The Hall–Kier alpha value is -1.87. The van der Waals surface area contributed by atoms with Crippen LogP contribution in [-0.2, 0) is 6.42 Å². The highest BCUT2D eigenvalue weighted by Crippen LogP contribution is 2.14. The van der Waals surface area contributed by atoms with E-state index < -0.39 is 0 Å². The average Bonchev–Trinajstić information content (AvgIpc) is 2.54. The Morgan fingerprint density at radius 3 is 2.48 bits per heavy atom. The van der Waals surface area contributed by atoms with Crippen molar-refractivity contribution >= 4 is 0 Å². The molecule has 3 heteroatoms. The van der Waals surface area contributed by atoms with Crippen molar-refractivity contribution in [2.75, 3.05) is 7.11 Å². The number of nitrogens with zero attached hydrogens (tertiary/aromatic N) is 1. The number of aryl methyl sites for hydroxylation is 1. The number of aromatic nitrogens is 1. The van der Waals surface area contributed by atoms with Gasteiger partial charge in [0.25, 0.3) is 0 Å². The van der Waals surface area contributed by atoms with Crippen molar-refractivity contribution < 1.29 is 4.74 Å². The average molecular weight is 284 g/mol. The Morgan fingerprint density at radius 2 is 1.86 bits per heavy atom. The number of pyridine rings is 1. The quantitative estimate of drug-likeness (QED) is 0.840. The molecule has 0 aliphatic heterocycles. The lowest BCUT2D eigenvalue weighted by Gasteiger charge is -2.19. The van der Waals surface area contributed by atoms with E-state index in [1.807, 2.05) is 30.5 Å². The Bertz CT molecular complexity index is 525. The molecule has 0 aliphatic carbocycles. The van der Waals surface area contributed by atoms with Gasteiger partial charge in [0.05, 0.1) is 12.8 Å². The van der Waals surface area contributed by atoms with Gasteiger partial charge >= 0.3 is 0 Å². The number of benzene rings is 1. The van der Waals surface area contributed by atoms with E-state index in [1.54, 1.807) is 7.11 Å². The summed E-state index contributed by atoms with van der Waals surface area (Å²) in [5, 5.41) is 3.60. The van der Waals surface area contributed by atoms with Gasteiger partial charge in [-0.3, -0.25) is 4.98 Å². The van der Waals surface area contributed by atoms with Crippen LogP contribution in [0.4, 0.5) is 0 Å². The summed E-state index contributed by atoms with van der Waals surface area (Å²) in [6, 6.07) is 15.1. The van der Waals surface area contributed by atoms with E-state index in [1.165, 1.54) is 5.56 Å². The van der Waals surface area contributed by atoms with Crippen LogP contribution in [0.15, 0.2) is 48.7 Å². The zero-order valence-corrected chi connectivity index (χ0v) is 13.0. The van der Waals surface area contributed by atoms with Crippen LogP contribution in [0.1, 0.15) is 37.6 Å². The number of hydrogen-bond acceptors (Lipinski definition) is 3. The molecule has 0 radical (unpaired) electrons. The van der Waals surface area contributed by atoms with Gasteiger partial charge in [0.2, 0.25) is 0 Å². The molecule has 1 aromatic carbocycles. The van der Waals surface area contributed by atoms with E-state index in [4.69, 9.17) is 4.74 Å². The van der Waals surface area contributed by atoms with E-state index in [0.29, 0.717) is 6.04 Å². The van der Waals surface area contributed by atoms with E-state index in [9.17, 15) is 0 Å². The van der Waals surface area contributed by atoms with Crippen molar-refractivity contribution in [2.45, 2.75) is 38.8 Å². The molecule has 1 N–H and O–H groups in total. The van der Waals surface area contributed by atoms with Crippen LogP contribution in [0.3, 0.4) is 0 Å². The molecule has 0 amide bonds. The first-order valence-corrected chi connectivity index (χ1v) is 7.49. The third-order valence-electron chi connectivity index (χ3n) is 3.69. The number of rotatable bonds is 7. The molecule has 1 unspecified atom stereocenters. The Balaban J connectivity index is 1.80. The van der Waals surface area contributed by atoms with Crippen molar-refractivity contribution in [3.05, 3.63) is 59.9 Å². The smallest absolute Gasteiger partial charge is 0.118 e. The highest BCUT2D eigenvalue weighted by molar-refractivity contribution is 5.27. The first-order chi connectivity index (χ1) is 10.2. The second-order valence-electron chi connectivity index (χ2n) is 5.43. The predicted octanol–water partition coefficient (Wildman–Crippen LogP) is 3.76. The van der Waals surface area contributed by atoms with E-state index in [-0.39, 0.29) is 6.04 Å². The molecular formula is C18H24N2O. The molecular weight excluding hydrogens is 260 g/mol. The maximum atomic E-state index is 5.18. The highest BCUT2D eigenvalue weighted by Gasteiger charge is 2.10. The van der Waals surface area contributed by atoms with E-state index in [0.717, 1.165) is 24.3 Å². The lowest BCUT2D eigenvalue weighted by Crippen LogP contribution is -2.29. The van der Waals surface area contributed by atoms with Crippen LogP contribution in [0, 0.1) is 0 Å². The predicted molar refractivity (Wildman–Crippen MR) is 86.6 cm³/mol. The minimum atomic E-state index is 0.275. The fourth-order valence-electron chi connectivity index (χ4n) is 2.40. The number of hydrogen-bond donors (Lipinski definition) is 1. The van der Waals surface area contributed by atoms with Crippen molar-refractivity contribution in [2.24, 2.45) is 0 Å². The minimum Gasteiger partial charge on any atom is -0.497 e. The molecule has 3 nitrogen and oxygen atoms in total. The van der Waals surface area contributed by atoms with E-state index in [2.05, 4.69) is 42.3 Å². The standard InChI is InChI=1S/C18H24N2O/c1-14(20-15(2)18-6-4-5-13-19-18)7-8-16-9-11-17(21-3)12-10-16/h4-6,9-15,20H,7-8H2,1-3H3/t14?,15-/m1/s1. The van der Waals surface area contributed by atoms with Gasteiger partial charge in [0, 0.05) is 18.3 Å². The van der Waals surface area contributed by atoms with Crippen molar-refractivity contribution in [1.29, 1.82) is 0 Å². The van der Waals surface area contributed by atoms with Gasteiger partial charge in [-0.05, 0) is 56.5 Å². The summed E-state index contributed by atoms with van der Waals surface area (Å²) in [7, 11) is 1.69. The minimum absolute atomic E-state index is 0.275. The lowest BCUT2D eigenvalue weighted by molar-refractivity contribution is 0.414. The maximum Gasteiger partial charge on any atom is 0.118 e. The molecule has 2 aromatic rings. The molecule has 0 saturated heterocycles. The summed E-state index contributed by atoms with van der Waals surface area (Å²) >= 11 is 0. The Labute approximate surface area is 127 Å².